The zero-order valence-corrected chi connectivity index (χ0v) is 18.4. The standard InChI is InChI=1S/C16H14N2O3.2Y/c1-7-3-6-10(19)14-11(7)15(20)12-8(17)4-5-9(18-2)13(12)16(14)21;;/h3-6H,1-2H3,(H4,17,18,19,20,21);;/p-1. The predicted molar refractivity (Wildman–Crippen MR) is 79.7 cm³/mol. The predicted octanol–water partition coefficient (Wildman–Crippen LogP) is 3.20. The maximum atomic E-state index is 12.7. The number of phenolic OH excluding ortho intramolecular Hbond substituents is 1. The molecule has 2 aromatic rings. The first kappa shape index (κ1) is 20.4. The first-order chi connectivity index (χ1) is 9.97. The summed E-state index contributed by atoms with van der Waals surface area (Å²) in [5, 5.41) is 12.8. The van der Waals surface area contributed by atoms with E-state index in [0.717, 1.165) is 0 Å². The van der Waals surface area contributed by atoms with Gasteiger partial charge in [-0.1, -0.05) is 12.1 Å². The Labute approximate surface area is 184 Å². The number of ketones is 2. The molecule has 1 aliphatic carbocycles. The molecule has 0 aromatic heterocycles. The van der Waals surface area contributed by atoms with Crippen molar-refractivity contribution in [2.75, 3.05) is 12.4 Å². The largest absolute Gasteiger partial charge is 0.698 e. The van der Waals surface area contributed by atoms with Crippen molar-refractivity contribution in [3.05, 3.63) is 57.8 Å². The molecule has 3 rings (SSSR count). The molecule has 0 spiro atoms. The van der Waals surface area contributed by atoms with Crippen LogP contribution in [0, 0.1) is 6.92 Å². The van der Waals surface area contributed by atoms with Crippen LogP contribution >= 0.6 is 0 Å². The second-order valence-electron chi connectivity index (χ2n) is 4.97. The minimum absolute atomic E-state index is 0. The van der Waals surface area contributed by atoms with Gasteiger partial charge in [-0.25, -0.2) is 0 Å². The monoisotopic (exact) mass is 459 g/mol. The Hall–Kier alpha value is -0.612. The number of benzene rings is 2. The molecule has 0 aliphatic heterocycles. The third-order valence-electron chi connectivity index (χ3n) is 3.77. The Balaban J connectivity index is 0.00000132. The van der Waals surface area contributed by atoms with Gasteiger partial charge >= 0.3 is 0 Å². The van der Waals surface area contributed by atoms with E-state index in [9.17, 15) is 14.7 Å². The Bertz CT molecular complexity index is 819. The number of fused-ring (bicyclic) bond motifs is 2. The zero-order valence-electron chi connectivity index (χ0n) is 12.7. The van der Waals surface area contributed by atoms with E-state index in [-0.39, 0.29) is 99.1 Å². The van der Waals surface area contributed by atoms with Gasteiger partial charge in [0.25, 0.3) is 0 Å². The van der Waals surface area contributed by atoms with Crippen LogP contribution in [-0.2, 0) is 65.4 Å². The molecule has 2 radical (unpaired) electrons. The fourth-order valence-electron chi connectivity index (χ4n) is 2.75. The minimum Gasteiger partial charge on any atom is -0.698 e. The van der Waals surface area contributed by atoms with Crippen LogP contribution in [0.4, 0.5) is 11.4 Å². The molecule has 5 nitrogen and oxygen atoms in total. The number of anilines is 1. The van der Waals surface area contributed by atoms with Crippen molar-refractivity contribution in [2.24, 2.45) is 0 Å². The molecule has 1 aliphatic rings. The first-order valence-corrected chi connectivity index (χ1v) is 6.45. The molecule has 112 valence electrons. The molecule has 0 heterocycles. The van der Waals surface area contributed by atoms with E-state index in [2.05, 4.69) is 5.32 Å². The van der Waals surface area contributed by atoms with Crippen molar-refractivity contribution in [1.29, 1.82) is 0 Å². The summed E-state index contributed by atoms with van der Waals surface area (Å²) in [7, 11) is 1.64. The van der Waals surface area contributed by atoms with Crippen LogP contribution < -0.4 is 5.32 Å². The van der Waals surface area contributed by atoms with Gasteiger partial charge in [0.05, 0.1) is 11.1 Å². The van der Waals surface area contributed by atoms with Crippen molar-refractivity contribution in [3.8, 4) is 5.75 Å². The van der Waals surface area contributed by atoms with Gasteiger partial charge in [-0.3, -0.25) is 9.59 Å². The SMILES string of the molecule is CNc1ccc([NH-])c2c1C(=O)c1c(O)ccc(C)c1C2=O.[Y].[Y]. The van der Waals surface area contributed by atoms with Crippen molar-refractivity contribution in [2.45, 2.75) is 6.92 Å². The maximum absolute atomic E-state index is 12.7. The van der Waals surface area contributed by atoms with Gasteiger partial charge in [0, 0.05) is 89.3 Å². The first-order valence-electron chi connectivity index (χ1n) is 6.45. The van der Waals surface area contributed by atoms with E-state index in [1.807, 2.05) is 0 Å². The molecule has 0 saturated carbocycles. The molecule has 0 saturated heterocycles. The van der Waals surface area contributed by atoms with E-state index < -0.39 is 11.6 Å². The fraction of sp³-hybridized carbons (Fsp3) is 0.125. The number of nitrogens with one attached hydrogen (secondary N) is 2. The normalized spacial score (nSPS) is 11.7. The number of rotatable bonds is 1. The van der Waals surface area contributed by atoms with Gasteiger partial charge < -0.3 is 16.2 Å². The maximum Gasteiger partial charge on any atom is 0.200 e. The Morgan fingerprint density at radius 2 is 1.52 bits per heavy atom. The number of phenols is 1. The van der Waals surface area contributed by atoms with E-state index in [1.54, 1.807) is 26.1 Å². The summed E-state index contributed by atoms with van der Waals surface area (Å²) in [5.41, 5.74) is 9.50. The van der Waals surface area contributed by atoms with Crippen LogP contribution in [0.1, 0.15) is 37.4 Å². The van der Waals surface area contributed by atoms with Gasteiger partial charge in [0.15, 0.2) is 11.6 Å². The summed E-state index contributed by atoms with van der Waals surface area (Å²) < 4.78 is 0. The second-order valence-corrected chi connectivity index (χ2v) is 4.97. The summed E-state index contributed by atoms with van der Waals surface area (Å²) in [6, 6.07) is 6.08. The van der Waals surface area contributed by atoms with E-state index >= 15 is 0 Å². The number of hydrogen-bond donors (Lipinski definition) is 2. The average molecular weight is 459 g/mol. The number of aromatic hydroxyl groups is 1. The molecule has 0 unspecified atom stereocenters. The average Bonchev–Trinajstić information content (AvgIpc) is 2.46. The molecular formula is C16H13N2O3Y2-. The minimum atomic E-state index is -0.431. The molecule has 0 amide bonds. The molecule has 23 heavy (non-hydrogen) atoms. The van der Waals surface area contributed by atoms with E-state index in [0.29, 0.717) is 11.3 Å². The van der Waals surface area contributed by atoms with Crippen LogP contribution in [0.3, 0.4) is 0 Å². The van der Waals surface area contributed by atoms with E-state index in [1.165, 1.54) is 12.1 Å². The van der Waals surface area contributed by atoms with Gasteiger partial charge in [-0.2, -0.15) is 0 Å². The Morgan fingerprint density at radius 3 is 2.13 bits per heavy atom. The third-order valence-corrected chi connectivity index (χ3v) is 3.77. The number of aryl methyl sites for hydroxylation is 1. The van der Waals surface area contributed by atoms with Crippen LogP contribution in [0.5, 0.6) is 5.75 Å². The zero-order chi connectivity index (χ0) is 15.3. The van der Waals surface area contributed by atoms with Crippen molar-refractivity contribution >= 4 is 22.9 Å². The van der Waals surface area contributed by atoms with Crippen molar-refractivity contribution in [3.63, 3.8) is 0 Å². The smallest absolute Gasteiger partial charge is 0.200 e. The van der Waals surface area contributed by atoms with Crippen LogP contribution in [0.2, 0.25) is 0 Å². The molecule has 0 fully saturated rings. The molecule has 0 bridgehead atoms. The fourth-order valence-corrected chi connectivity index (χ4v) is 2.75. The van der Waals surface area contributed by atoms with Gasteiger partial charge in [-0.15, -0.1) is 5.69 Å². The molecule has 7 heteroatoms. The number of hydrogen-bond acceptors (Lipinski definition) is 4. The quantitative estimate of drug-likeness (QED) is 0.585. The molecular weight excluding hydrogens is 446 g/mol. The number of carbonyl (C=O) groups is 2. The molecule has 0 atom stereocenters. The summed E-state index contributed by atoms with van der Waals surface area (Å²) >= 11 is 0. The van der Waals surface area contributed by atoms with Crippen LogP contribution in [0.25, 0.3) is 5.73 Å². The Morgan fingerprint density at radius 1 is 0.913 bits per heavy atom. The number of carbonyl (C=O) groups excluding carboxylic acids is 2. The Kier molecular flexibility index (Phi) is 6.68. The van der Waals surface area contributed by atoms with Crippen molar-refractivity contribution < 1.29 is 80.1 Å². The van der Waals surface area contributed by atoms with E-state index in [4.69, 9.17) is 5.73 Å². The summed E-state index contributed by atoms with van der Waals surface area (Å²) in [4.78, 5) is 25.4. The van der Waals surface area contributed by atoms with Gasteiger partial charge in [-0.05, 0) is 24.6 Å². The van der Waals surface area contributed by atoms with Gasteiger partial charge in [0.2, 0.25) is 0 Å². The molecule has 2 aromatic carbocycles. The second kappa shape index (κ2) is 7.52. The van der Waals surface area contributed by atoms with Crippen molar-refractivity contribution in [1.82, 2.24) is 0 Å². The molecule has 3 N–H and O–H groups in total. The van der Waals surface area contributed by atoms with Gasteiger partial charge in [0.1, 0.15) is 5.75 Å². The summed E-state index contributed by atoms with van der Waals surface area (Å²) in [6.07, 6.45) is 0. The summed E-state index contributed by atoms with van der Waals surface area (Å²) in [6.45, 7) is 1.71. The van der Waals surface area contributed by atoms with Crippen LogP contribution in [-0.4, -0.2) is 23.7 Å². The third kappa shape index (κ3) is 3.04. The topological polar surface area (TPSA) is 90.2 Å². The van der Waals surface area contributed by atoms with Crippen LogP contribution in [0.15, 0.2) is 24.3 Å². The summed E-state index contributed by atoms with van der Waals surface area (Å²) in [5.74, 6) is -1.04.